The van der Waals surface area contributed by atoms with Gasteiger partial charge in [0.1, 0.15) is 0 Å². The Hall–Kier alpha value is 0.492. The van der Waals surface area contributed by atoms with E-state index < -0.39 is 0 Å². The zero-order chi connectivity index (χ0) is 8.24. The highest BCUT2D eigenvalue weighted by Crippen LogP contribution is 1.77. The lowest BCUT2D eigenvalue weighted by Crippen LogP contribution is -2.09. The fourth-order valence-electron chi connectivity index (χ4n) is 0.604. The molecule has 0 heterocycles. The van der Waals surface area contributed by atoms with Gasteiger partial charge in [-0.1, -0.05) is 27.7 Å². The topological polar surface area (TPSA) is 12.0 Å². The van der Waals surface area contributed by atoms with Crippen molar-refractivity contribution in [3.63, 3.8) is 0 Å². The van der Waals surface area contributed by atoms with Crippen molar-refractivity contribution >= 4 is 15.2 Å². The Labute approximate surface area is 72.3 Å². The summed E-state index contributed by atoms with van der Waals surface area (Å²) in [6.07, 6.45) is 0. The molecule has 0 saturated heterocycles. The van der Waals surface area contributed by atoms with E-state index in [-0.39, 0.29) is 0 Å². The van der Waals surface area contributed by atoms with Crippen molar-refractivity contribution in [2.24, 2.45) is 0 Å². The van der Waals surface area contributed by atoms with Crippen LogP contribution in [0.1, 0.15) is 27.7 Å². The predicted octanol–water partition coefficient (Wildman–Crippen LogP) is 1.92. The van der Waals surface area contributed by atoms with Crippen LogP contribution in [0, 0.1) is 0 Å². The second kappa shape index (κ2) is 16.2. The molecule has 1 N–H and O–H groups in total. The summed E-state index contributed by atoms with van der Waals surface area (Å²) in [5, 5.41) is 6.08. The average molecular weight is 159 g/mol. The van der Waals surface area contributed by atoms with Gasteiger partial charge in [-0.25, -0.2) is 0 Å². The monoisotopic (exact) mass is 159 g/mol. The maximum Gasteiger partial charge on any atom is 0.236 e. The van der Waals surface area contributed by atoms with Crippen molar-refractivity contribution in [1.82, 2.24) is 5.32 Å². The summed E-state index contributed by atoms with van der Waals surface area (Å²) in [5.74, 6) is 0. The van der Waals surface area contributed by atoms with E-state index in [9.17, 15) is 0 Å². The van der Waals surface area contributed by atoms with Crippen molar-refractivity contribution in [2.45, 2.75) is 38.3 Å². The Morgan fingerprint density at radius 2 is 1.30 bits per heavy atom. The highest BCUT2D eigenvalue weighted by atomic mass is 27.1. The van der Waals surface area contributed by atoms with E-state index in [2.05, 4.69) is 33.0 Å². The molecule has 0 unspecified atom stereocenters. The van der Waals surface area contributed by atoms with Gasteiger partial charge in [0.25, 0.3) is 0 Å². The summed E-state index contributed by atoms with van der Waals surface area (Å²) in [6.45, 7) is 10.9. The molecule has 0 spiro atoms. The third-order valence-electron chi connectivity index (χ3n) is 1.21. The molecule has 0 saturated carbocycles. The van der Waals surface area contributed by atoms with Gasteiger partial charge >= 0.3 is 0 Å². The van der Waals surface area contributed by atoms with E-state index in [1.165, 1.54) is 10.6 Å². The van der Waals surface area contributed by atoms with Crippen molar-refractivity contribution in [1.29, 1.82) is 0 Å². The third kappa shape index (κ3) is 23.6. The average Bonchev–Trinajstić information content (AvgIpc) is 1.93. The molecule has 62 valence electrons. The smallest absolute Gasteiger partial charge is 0.236 e. The first-order valence-electron chi connectivity index (χ1n) is 4.54. The van der Waals surface area contributed by atoms with Crippen LogP contribution in [0.5, 0.6) is 0 Å². The van der Waals surface area contributed by atoms with Crippen LogP contribution in [0.15, 0.2) is 0 Å². The van der Waals surface area contributed by atoms with E-state index in [0.29, 0.717) is 15.2 Å². The van der Waals surface area contributed by atoms with Gasteiger partial charge in [-0.3, -0.25) is 0 Å². The van der Waals surface area contributed by atoms with Crippen LogP contribution in [-0.4, -0.2) is 28.3 Å². The van der Waals surface area contributed by atoms with E-state index in [0.717, 1.165) is 13.1 Å². The van der Waals surface area contributed by atoms with Crippen LogP contribution < -0.4 is 5.32 Å². The first kappa shape index (κ1) is 13.1. The standard InChI is InChI=1S/C4H11N.2C2H5.Al.H/c1-3-5-4-2;2*1-2;;/h5H,3-4H2,1-2H3;2*1H2,2H3;;. The lowest BCUT2D eigenvalue weighted by molar-refractivity contribution is 0.762. The number of hydrogen-bond donors (Lipinski definition) is 1. The number of rotatable bonds is 4. The lowest BCUT2D eigenvalue weighted by Gasteiger charge is -1.86. The zero-order valence-corrected chi connectivity index (χ0v) is 9.45. The van der Waals surface area contributed by atoms with Crippen LogP contribution in [0.3, 0.4) is 0 Å². The summed E-state index contributed by atoms with van der Waals surface area (Å²) in [6, 6.07) is 0. The van der Waals surface area contributed by atoms with Crippen molar-refractivity contribution in [2.75, 3.05) is 13.1 Å². The predicted molar refractivity (Wildman–Crippen MR) is 52.3 cm³/mol. The van der Waals surface area contributed by atoms with Crippen molar-refractivity contribution in [3.05, 3.63) is 0 Å². The normalized spacial score (nSPS) is 8.00. The van der Waals surface area contributed by atoms with E-state index >= 15 is 0 Å². The molecule has 0 aromatic rings. The SMILES string of the molecule is CCNCC.C[CH2][AlH][CH2]C. The fraction of sp³-hybridized carbons (Fsp3) is 1.00. The Kier molecular flexibility index (Phi) is 21.3. The Morgan fingerprint density at radius 3 is 1.30 bits per heavy atom. The number of nitrogens with one attached hydrogen (secondary N) is 1. The summed E-state index contributed by atoms with van der Waals surface area (Å²) < 4.78 is 0. The molecule has 0 atom stereocenters. The summed E-state index contributed by atoms with van der Waals surface area (Å²) in [7, 11) is 0. The van der Waals surface area contributed by atoms with Crippen LogP contribution in [0.25, 0.3) is 0 Å². The second-order valence-electron chi connectivity index (χ2n) is 2.31. The lowest BCUT2D eigenvalue weighted by atomic mass is 10.7. The van der Waals surface area contributed by atoms with Crippen LogP contribution in [-0.2, 0) is 0 Å². The van der Waals surface area contributed by atoms with Gasteiger partial charge in [0.2, 0.25) is 15.2 Å². The minimum atomic E-state index is 0.432. The maximum atomic E-state index is 3.11. The molecule has 0 amide bonds. The van der Waals surface area contributed by atoms with Gasteiger partial charge in [-0.2, -0.15) is 0 Å². The fourth-order valence-corrected chi connectivity index (χ4v) is 1.31. The first-order valence-corrected chi connectivity index (χ1v) is 6.54. The molecule has 10 heavy (non-hydrogen) atoms. The van der Waals surface area contributed by atoms with E-state index in [1.807, 2.05) is 0 Å². The quantitative estimate of drug-likeness (QED) is 0.618. The molecule has 0 radical (unpaired) electrons. The Balaban J connectivity index is 0. The van der Waals surface area contributed by atoms with E-state index in [1.54, 1.807) is 0 Å². The molecule has 0 aromatic carbocycles. The molecule has 0 aromatic heterocycles. The van der Waals surface area contributed by atoms with Crippen LogP contribution >= 0.6 is 0 Å². The Bertz CT molecular complexity index is 30.2. The molecule has 0 aliphatic carbocycles. The van der Waals surface area contributed by atoms with Gasteiger partial charge in [0, 0.05) is 0 Å². The van der Waals surface area contributed by atoms with Gasteiger partial charge in [0.05, 0.1) is 0 Å². The first-order chi connectivity index (χ1) is 4.83. The molecule has 0 bridgehead atoms. The van der Waals surface area contributed by atoms with Gasteiger partial charge in [-0.15, -0.1) is 10.6 Å². The molecule has 0 fully saturated rings. The molecule has 0 aliphatic rings. The maximum absolute atomic E-state index is 3.11. The summed E-state index contributed by atoms with van der Waals surface area (Å²) in [5.41, 5.74) is 0. The van der Waals surface area contributed by atoms with Gasteiger partial charge < -0.3 is 5.32 Å². The summed E-state index contributed by atoms with van der Waals surface area (Å²) >= 11 is 0.432. The summed E-state index contributed by atoms with van der Waals surface area (Å²) in [4.78, 5) is 0. The molecular formula is C8H22AlN. The largest absolute Gasteiger partial charge is 0.317 e. The molecule has 0 rings (SSSR count). The third-order valence-corrected chi connectivity index (χ3v) is 2.62. The minimum absolute atomic E-state index is 0.432. The van der Waals surface area contributed by atoms with Crippen LogP contribution in [0.4, 0.5) is 0 Å². The molecule has 1 nitrogen and oxygen atoms in total. The number of hydrogen-bond acceptors (Lipinski definition) is 1. The molecule has 2 heteroatoms. The van der Waals surface area contributed by atoms with Gasteiger partial charge in [-0.05, 0) is 13.1 Å². The van der Waals surface area contributed by atoms with Crippen molar-refractivity contribution < 1.29 is 0 Å². The van der Waals surface area contributed by atoms with Gasteiger partial charge in [0.15, 0.2) is 0 Å². The Morgan fingerprint density at radius 1 is 0.900 bits per heavy atom. The van der Waals surface area contributed by atoms with E-state index in [4.69, 9.17) is 0 Å². The molecular weight excluding hydrogens is 137 g/mol. The zero-order valence-electron chi connectivity index (χ0n) is 8.04. The van der Waals surface area contributed by atoms with Crippen LogP contribution in [0.2, 0.25) is 10.6 Å². The second-order valence-corrected chi connectivity index (χ2v) is 5.02. The van der Waals surface area contributed by atoms with Crippen molar-refractivity contribution in [3.8, 4) is 0 Å². The highest BCUT2D eigenvalue weighted by Gasteiger charge is 1.76. The minimum Gasteiger partial charge on any atom is -0.317 e. The highest BCUT2D eigenvalue weighted by molar-refractivity contribution is 6.34. The molecule has 0 aliphatic heterocycles.